The van der Waals surface area contributed by atoms with Gasteiger partial charge >= 0.3 is 0 Å². The Balaban J connectivity index is 1.77. The van der Waals surface area contributed by atoms with E-state index in [0.29, 0.717) is 10.7 Å². The first kappa shape index (κ1) is 17.1. The lowest BCUT2D eigenvalue weighted by molar-refractivity contribution is 0.601. The molecule has 0 atom stereocenters. The Morgan fingerprint density at radius 2 is 1.64 bits per heavy atom. The number of anilines is 1. The highest BCUT2D eigenvalue weighted by Gasteiger charge is 2.15. The Bertz CT molecular complexity index is 991. The van der Waals surface area contributed by atoms with Gasteiger partial charge in [0.1, 0.15) is 0 Å². The van der Waals surface area contributed by atoms with Gasteiger partial charge in [0.15, 0.2) is 0 Å². The average molecular weight is 373 g/mol. The van der Waals surface area contributed by atoms with E-state index in [1.54, 1.807) is 30.5 Å². The van der Waals surface area contributed by atoms with Gasteiger partial charge < -0.3 is 0 Å². The number of hydrogen-bond acceptors (Lipinski definition) is 5. The maximum absolute atomic E-state index is 12.3. The predicted octanol–water partition coefficient (Wildman–Crippen LogP) is 3.68. The van der Waals surface area contributed by atoms with Crippen LogP contribution < -0.4 is 4.72 Å². The van der Waals surface area contributed by atoms with E-state index in [4.69, 9.17) is 11.6 Å². The van der Waals surface area contributed by atoms with Crippen LogP contribution >= 0.6 is 11.6 Å². The van der Waals surface area contributed by atoms with E-state index in [1.165, 1.54) is 24.5 Å². The summed E-state index contributed by atoms with van der Waals surface area (Å²) in [5, 5.41) is 0.595. The lowest BCUT2D eigenvalue weighted by atomic mass is 10.2. The molecule has 0 unspecified atom stereocenters. The normalized spacial score (nSPS) is 11.6. The third-order valence-corrected chi connectivity index (χ3v) is 4.88. The Morgan fingerprint density at radius 1 is 0.960 bits per heavy atom. The summed E-state index contributed by atoms with van der Waals surface area (Å²) in [7, 11) is -3.75. The number of sulfonamides is 1. The van der Waals surface area contributed by atoms with Crippen molar-refractivity contribution in [3.8, 4) is 0 Å². The van der Waals surface area contributed by atoms with Crippen molar-refractivity contribution >= 4 is 39.5 Å². The molecule has 0 aliphatic heterocycles. The molecule has 2 aromatic carbocycles. The van der Waals surface area contributed by atoms with E-state index in [1.807, 2.05) is 18.2 Å². The molecule has 0 fully saturated rings. The van der Waals surface area contributed by atoms with Crippen molar-refractivity contribution in [2.75, 3.05) is 4.72 Å². The third-order valence-electron chi connectivity index (χ3n) is 3.20. The van der Waals surface area contributed by atoms with E-state index in [2.05, 4.69) is 19.7 Å². The van der Waals surface area contributed by atoms with Crippen LogP contribution in [-0.2, 0) is 10.0 Å². The fraction of sp³-hybridized carbons (Fsp3) is 0. The minimum absolute atomic E-state index is 0.0170. The predicted molar refractivity (Wildman–Crippen MR) is 98.0 cm³/mol. The second-order valence-corrected chi connectivity index (χ2v) is 7.04. The first-order chi connectivity index (χ1) is 12.0. The van der Waals surface area contributed by atoms with Crippen molar-refractivity contribution in [1.82, 2.24) is 9.97 Å². The number of hydrogen-bond donors (Lipinski definition) is 1. The Kier molecular flexibility index (Phi) is 5.06. The van der Waals surface area contributed by atoms with Gasteiger partial charge in [-0.1, -0.05) is 29.8 Å². The molecule has 1 aromatic heterocycles. The minimum Gasteiger partial charge on any atom is -0.256 e. The minimum atomic E-state index is -3.75. The summed E-state index contributed by atoms with van der Waals surface area (Å²) in [5.74, 6) is 0.0170. The third kappa shape index (κ3) is 4.40. The van der Waals surface area contributed by atoms with Gasteiger partial charge in [-0.25, -0.2) is 23.1 Å². The van der Waals surface area contributed by atoms with Gasteiger partial charge in [-0.2, -0.15) is 0 Å². The Hall–Kier alpha value is -2.77. The van der Waals surface area contributed by atoms with E-state index in [0.717, 1.165) is 5.56 Å². The second kappa shape index (κ2) is 7.42. The van der Waals surface area contributed by atoms with E-state index >= 15 is 0 Å². The van der Waals surface area contributed by atoms with Gasteiger partial charge in [-0.05, 0) is 36.4 Å². The molecule has 0 saturated carbocycles. The highest BCUT2D eigenvalue weighted by atomic mass is 35.5. The standard InChI is InChI=1S/C17H13ClN4O2S/c18-16-5-2-1-4-13(16)12-21-14-6-8-15(9-7-14)25(23,24)22-17-19-10-3-11-20-17/h1-12H,(H,19,20,22). The maximum atomic E-state index is 12.3. The molecule has 0 aliphatic rings. The Labute approximate surface area is 150 Å². The first-order valence-electron chi connectivity index (χ1n) is 7.23. The van der Waals surface area contributed by atoms with Gasteiger partial charge in [0.25, 0.3) is 10.0 Å². The summed E-state index contributed by atoms with van der Waals surface area (Å²) in [6, 6.07) is 15.0. The summed E-state index contributed by atoms with van der Waals surface area (Å²) in [6.07, 6.45) is 4.54. The molecule has 0 saturated heterocycles. The molecule has 6 nitrogen and oxygen atoms in total. The van der Waals surface area contributed by atoms with Crippen molar-refractivity contribution in [3.05, 3.63) is 77.6 Å². The lowest BCUT2D eigenvalue weighted by Gasteiger charge is -2.06. The van der Waals surface area contributed by atoms with Crippen LogP contribution in [0.5, 0.6) is 0 Å². The SMILES string of the molecule is O=S(=O)(Nc1ncccn1)c1ccc(N=Cc2ccccc2Cl)cc1. The quantitative estimate of drug-likeness (QED) is 0.692. The molecule has 0 amide bonds. The molecular weight excluding hydrogens is 360 g/mol. The molecule has 1 heterocycles. The van der Waals surface area contributed by atoms with Crippen molar-refractivity contribution in [2.45, 2.75) is 4.90 Å². The van der Waals surface area contributed by atoms with Crippen molar-refractivity contribution in [1.29, 1.82) is 0 Å². The van der Waals surface area contributed by atoms with Crippen molar-refractivity contribution < 1.29 is 8.42 Å². The number of aromatic nitrogens is 2. The van der Waals surface area contributed by atoms with Crippen LogP contribution in [0.15, 0.2) is 76.9 Å². The maximum Gasteiger partial charge on any atom is 0.264 e. The van der Waals surface area contributed by atoms with Gasteiger partial charge in [0.05, 0.1) is 10.6 Å². The molecule has 0 aliphatic carbocycles. The molecular formula is C17H13ClN4O2S. The molecule has 1 N–H and O–H groups in total. The number of nitrogens with zero attached hydrogens (tertiary/aromatic N) is 3. The van der Waals surface area contributed by atoms with Gasteiger partial charge in [0.2, 0.25) is 5.95 Å². The number of halogens is 1. The summed E-state index contributed by atoms with van der Waals surface area (Å²) in [6.45, 7) is 0. The zero-order valence-corrected chi connectivity index (χ0v) is 14.4. The molecule has 25 heavy (non-hydrogen) atoms. The lowest BCUT2D eigenvalue weighted by Crippen LogP contribution is -2.14. The van der Waals surface area contributed by atoms with E-state index in [9.17, 15) is 8.42 Å². The molecule has 0 bridgehead atoms. The highest BCUT2D eigenvalue weighted by molar-refractivity contribution is 7.92. The van der Waals surface area contributed by atoms with Crippen molar-refractivity contribution in [2.24, 2.45) is 4.99 Å². The van der Waals surface area contributed by atoms with Crippen LogP contribution in [0, 0.1) is 0 Å². The number of rotatable bonds is 5. The second-order valence-electron chi connectivity index (χ2n) is 4.95. The van der Waals surface area contributed by atoms with Crippen LogP contribution in [-0.4, -0.2) is 24.6 Å². The number of aliphatic imine (C=N–C) groups is 1. The topological polar surface area (TPSA) is 84.3 Å². The monoisotopic (exact) mass is 372 g/mol. The fourth-order valence-corrected chi connectivity index (χ4v) is 3.11. The molecule has 8 heteroatoms. The highest BCUT2D eigenvalue weighted by Crippen LogP contribution is 2.19. The zero-order valence-electron chi connectivity index (χ0n) is 12.9. The molecule has 3 aromatic rings. The molecule has 3 rings (SSSR count). The van der Waals surface area contributed by atoms with E-state index in [-0.39, 0.29) is 10.8 Å². The average Bonchev–Trinajstić information content (AvgIpc) is 2.62. The smallest absolute Gasteiger partial charge is 0.256 e. The Morgan fingerprint density at radius 3 is 2.32 bits per heavy atom. The summed E-state index contributed by atoms with van der Waals surface area (Å²) in [5.41, 5.74) is 1.39. The van der Waals surface area contributed by atoms with Gasteiger partial charge in [0, 0.05) is 29.2 Å². The van der Waals surface area contributed by atoms with Crippen LogP contribution in [0.3, 0.4) is 0 Å². The van der Waals surface area contributed by atoms with Gasteiger partial charge in [-0.15, -0.1) is 0 Å². The number of benzene rings is 2. The molecule has 126 valence electrons. The first-order valence-corrected chi connectivity index (χ1v) is 9.09. The fourth-order valence-electron chi connectivity index (χ4n) is 1.97. The van der Waals surface area contributed by atoms with Crippen LogP contribution in [0.1, 0.15) is 5.56 Å². The molecule has 0 spiro atoms. The summed E-state index contributed by atoms with van der Waals surface area (Å²) in [4.78, 5) is 12.1. The largest absolute Gasteiger partial charge is 0.264 e. The van der Waals surface area contributed by atoms with E-state index < -0.39 is 10.0 Å². The van der Waals surface area contributed by atoms with Crippen molar-refractivity contribution in [3.63, 3.8) is 0 Å². The zero-order chi connectivity index (χ0) is 17.7. The summed E-state index contributed by atoms with van der Waals surface area (Å²) >= 11 is 6.06. The molecule has 0 radical (unpaired) electrons. The van der Waals surface area contributed by atoms with Crippen LogP contribution in [0.4, 0.5) is 11.6 Å². The van der Waals surface area contributed by atoms with Crippen LogP contribution in [0.2, 0.25) is 5.02 Å². The van der Waals surface area contributed by atoms with Gasteiger partial charge in [-0.3, -0.25) is 4.99 Å². The summed E-state index contributed by atoms with van der Waals surface area (Å²) < 4.78 is 26.9. The van der Waals surface area contributed by atoms with Crippen LogP contribution in [0.25, 0.3) is 0 Å². The number of nitrogens with one attached hydrogen (secondary N) is 1.